The highest BCUT2D eigenvalue weighted by Gasteiger charge is 2.23. The summed E-state index contributed by atoms with van der Waals surface area (Å²) < 4.78 is 38.9. The van der Waals surface area contributed by atoms with E-state index in [1.165, 1.54) is 21.1 Å². The predicted octanol–water partition coefficient (Wildman–Crippen LogP) is 3.35. The molecule has 0 radical (unpaired) electrons. The zero-order chi connectivity index (χ0) is 20.3. The van der Waals surface area contributed by atoms with E-state index in [4.69, 9.17) is 9.47 Å². The van der Waals surface area contributed by atoms with E-state index in [0.29, 0.717) is 29.4 Å². The lowest BCUT2D eigenvalue weighted by Gasteiger charge is -2.21. The minimum Gasteiger partial charge on any atom is -0.497 e. The van der Waals surface area contributed by atoms with E-state index in [1.54, 1.807) is 53.1 Å². The number of amides is 1. The number of ether oxygens (including phenoxy) is 2. The van der Waals surface area contributed by atoms with Crippen molar-refractivity contribution in [1.82, 2.24) is 0 Å². The predicted molar refractivity (Wildman–Crippen MR) is 110 cm³/mol. The maximum atomic E-state index is 13.0. The van der Waals surface area contributed by atoms with Gasteiger partial charge in [-0.1, -0.05) is 0 Å². The molecule has 0 unspecified atom stereocenters. The maximum absolute atomic E-state index is 13.0. The second-order valence-electron chi connectivity index (χ2n) is 6.17. The molecule has 0 saturated carbocycles. The van der Waals surface area contributed by atoms with E-state index in [0.717, 1.165) is 17.1 Å². The minimum absolute atomic E-state index is 0.0814. The molecule has 150 valence electrons. The summed E-state index contributed by atoms with van der Waals surface area (Å²) in [6.45, 7) is 2.06. The molecule has 2 aromatic carbocycles. The smallest absolute Gasteiger partial charge is 0.262 e. The molecule has 3 rings (SSSR count). The Labute approximate surface area is 169 Å². The molecule has 7 nitrogen and oxygen atoms in total. The summed E-state index contributed by atoms with van der Waals surface area (Å²) in [5, 5.41) is 0. The van der Waals surface area contributed by atoms with Gasteiger partial charge in [0.25, 0.3) is 10.0 Å². The monoisotopic (exact) mass is 422 g/mol. The van der Waals surface area contributed by atoms with Crippen LogP contribution in [0.4, 0.5) is 11.4 Å². The molecule has 0 atom stereocenters. The summed E-state index contributed by atoms with van der Waals surface area (Å²) in [6.07, 6.45) is 0.850. The van der Waals surface area contributed by atoms with Gasteiger partial charge in [-0.3, -0.25) is 9.52 Å². The van der Waals surface area contributed by atoms with Gasteiger partial charge in [-0.2, -0.15) is 0 Å². The first kappa shape index (κ1) is 20.3. The van der Waals surface area contributed by atoms with Gasteiger partial charge in [0, 0.05) is 24.4 Å². The van der Waals surface area contributed by atoms with Crippen molar-refractivity contribution in [3.63, 3.8) is 0 Å². The second-order valence-corrected chi connectivity index (χ2v) is 8.99. The van der Waals surface area contributed by atoms with Gasteiger partial charge in [0.15, 0.2) is 0 Å². The summed E-state index contributed by atoms with van der Waals surface area (Å²) in [5.41, 5.74) is 0.926. The third-order valence-electron chi connectivity index (χ3n) is 4.35. The zero-order valence-corrected chi connectivity index (χ0v) is 17.5. The lowest BCUT2D eigenvalue weighted by Crippen LogP contribution is -2.29. The van der Waals surface area contributed by atoms with Gasteiger partial charge in [0.1, 0.15) is 11.5 Å². The number of benzene rings is 2. The Morgan fingerprint density at radius 3 is 2.61 bits per heavy atom. The van der Waals surface area contributed by atoms with Crippen molar-refractivity contribution in [2.45, 2.75) is 23.1 Å². The quantitative estimate of drug-likeness (QED) is 0.795. The molecule has 9 heteroatoms. The highest BCUT2D eigenvalue weighted by molar-refractivity contribution is 7.99. The summed E-state index contributed by atoms with van der Waals surface area (Å²) in [6, 6.07) is 9.67. The van der Waals surface area contributed by atoms with Crippen LogP contribution in [-0.4, -0.2) is 40.8 Å². The number of thioether (sulfide) groups is 1. The van der Waals surface area contributed by atoms with E-state index in [9.17, 15) is 13.2 Å². The lowest BCUT2D eigenvalue weighted by atomic mass is 10.2. The average molecular weight is 423 g/mol. The Morgan fingerprint density at radius 2 is 1.93 bits per heavy atom. The fourth-order valence-electron chi connectivity index (χ4n) is 2.94. The fraction of sp³-hybridized carbons (Fsp3) is 0.316. The third-order valence-corrected chi connectivity index (χ3v) is 6.86. The molecule has 1 heterocycles. The fourth-order valence-corrected chi connectivity index (χ4v) is 5.00. The van der Waals surface area contributed by atoms with E-state index in [2.05, 4.69) is 4.72 Å². The standard InChI is InChI=1S/C19H22N2O5S2/c1-13(22)21-9-4-10-27-19-8-6-15(12-17(19)21)28(23,24)20-16-7-5-14(25-2)11-18(16)26-3/h5-8,11-12,20H,4,9-10H2,1-3H3. The SMILES string of the molecule is COc1ccc(NS(=O)(=O)c2ccc3c(c2)N(C(C)=O)CCCS3)c(OC)c1. The summed E-state index contributed by atoms with van der Waals surface area (Å²) in [5.74, 6) is 1.67. The van der Waals surface area contributed by atoms with Gasteiger partial charge in [0.05, 0.1) is 30.5 Å². The molecule has 0 aliphatic carbocycles. The number of sulfonamides is 1. The molecule has 1 aliphatic heterocycles. The molecule has 1 amide bonds. The second kappa shape index (κ2) is 8.32. The molecule has 1 N–H and O–H groups in total. The molecule has 0 saturated heterocycles. The molecule has 1 aliphatic rings. The Morgan fingerprint density at radius 1 is 1.14 bits per heavy atom. The van der Waals surface area contributed by atoms with Gasteiger partial charge < -0.3 is 14.4 Å². The molecule has 0 aromatic heterocycles. The Hall–Kier alpha value is -2.39. The number of hydrogen-bond donors (Lipinski definition) is 1. The normalized spacial score (nSPS) is 14.0. The van der Waals surface area contributed by atoms with Crippen LogP contribution >= 0.6 is 11.8 Å². The topological polar surface area (TPSA) is 84.9 Å². The molecule has 0 fully saturated rings. The van der Waals surface area contributed by atoms with Crippen molar-refractivity contribution in [1.29, 1.82) is 0 Å². The first-order chi connectivity index (χ1) is 13.4. The summed E-state index contributed by atoms with van der Waals surface area (Å²) in [7, 11) is -0.902. The first-order valence-corrected chi connectivity index (χ1v) is 11.1. The van der Waals surface area contributed by atoms with Crippen molar-refractivity contribution in [2.24, 2.45) is 0 Å². The van der Waals surface area contributed by atoms with Gasteiger partial charge >= 0.3 is 0 Å². The summed E-state index contributed by atoms with van der Waals surface area (Å²) >= 11 is 1.62. The number of nitrogens with one attached hydrogen (secondary N) is 1. The largest absolute Gasteiger partial charge is 0.497 e. The number of carbonyl (C=O) groups excluding carboxylic acids is 1. The number of carbonyl (C=O) groups is 1. The van der Waals surface area contributed by atoms with E-state index in [-0.39, 0.29) is 10.8 Å². The van der Waals surface area contributed by atoms with Crippen LogP contribution in [0.3, 0.4) is 0 Å². The average Bonchev–Trinajstić information content (AvgIpc) is 2.90. The van der Waals surface area contributed by atoms with Crippen LogP contribution in [0.1, 0.15) is 13.3 Å². The number of methoxy groups -OCH3 is 2. The van der Waals surface area contributed by atoms with Gasteiger partial charge in [-0.25, -0.2) is 8.42 Å². The highest BCUT2D eigenvalue weighted by Crippen LogP contribution is 2.37. The molecule has 0 bridgehead atoms. The Bertz CT molecular complexity index is 992. The highest BCUT2D eigenvalue weighted by atomic mass is 32.2. The van der Waals surface area contributed by atoms with Crippen LogP contribution in [0.25, 0.3) is 0 Å². The zero-order valence-electron chi connectivity index (χ0n) is 15.9. The molecule has 0 spiro atoms. The number of hydrogen-bond acceptors (Lipinski definition) is 6. The van der Waals surface area contributed by atoms with Crippen molar-refractivity contribution in [3.05, 3.63) is 36.4 Å². The molecular formula is C19H22N2O5S2. The van der Waals surface area contributed by atoms with Crippen LogP contribution in [0.15, 0.2) is 46.2 Å². The van der Waals surface area contributed by atoms with Gasteiger partial charge in [-0.15, -0.1) is 11.8 Å². The maximum Gasteiger partial charge on any atom is 0.262 e. The number of fused-ring (bicyclic) bond motifs is 1. The molecule has 2 aromatic rings. The third kappa shape index (κ3) is 4.20. The summed E-state index contributed by atoms with van der Waals surface area (Å²) in [4.78, 5) is 14.6. The van der Waals surface area contributed by atoms with Gasteiger partial charge in [0.2, 0.25) is 5.91 Å². The van der Waals surface area contributed by atoms with Crippen LogP contribution < -0.4 is 19.1 Å². The van der Waals surface area contributed by atoms with E-state index in [1.807, 2.05) is 0 Å². The van der Waals surface area contributed by atoms with Gasteiger partial charge in [-0.05, 0) is 42.5 Å². The Kier molecular flexibility index (Phi) is 6.04. The first-order valence-electron chi connectivity index (χ1n) is 8.65. The Balaban J connectivity index is 1.98. The van der Waals surface area contributed by atoms with Crippen molar-refractivity contribution in [3.8, 4) is 11.5 Å². The molecule has 28 heavy (non-hydrogen) atoms. The van der Waals surface area contributed by atoms with E-state index >= 15 is 0 Å². The van der Waals surface area contributed by atoms with Crippen molar-refractivity contribution < 1.29 is 22.7 Å². The van der Waals surface area contributed by atoms with E-state index < -0.39 is 10.0 Å². The number of rotatable bonds is 5. The number of nitrogens with zero attached hydrogens (tertiary/aromatic N) is 1. The van der Waals surface area contributed by atoms with Crippen LogP contribution in [0, 0.1) is 0 Å². The number of anilines is 2. The molecular weight excluding hydrogens is 400 g/mol. The van der Waals surface area contributed by atoms with Crippen molar-refractivity contribution >= 4 is 39.1 Å². The van der Waals surface area contributed by atoms with Crippen LogP contribution in [0.5, 0.6) is 11.5 Å². The van der Waals surface area contributed by atoms with Crippen molar-refractivity contribution in [2.75, 3.05) is 36.1 Å². The van der Waals surface area contributed by atoms with Crippen LogP contribution in [-0.2, 0) is 14.8 Å². The minimum atomic E-state index is -3.88. The lowest BCUT2D eigenvalue weighted by molar-refractivity contribution is -0.116. The van der Waals surface area contributed by atoms with Crippen LogP contribution in [0.2, 0.25) is 0 Å².